The van der Waals surface area contributed by atoms with Gasteiger partial charge in [0.25, 0.3) is 0 Å². The average Bonchev–Trinajstić information content (AvgIpc) is 1.91. The lowest BCUT2D eigenvalue weighted by atomic mass is 10.3. The zero-order valence-electron chi connectivity index (χ0n) is 5.97. The first-order valence-corrected chi connectivity index (χ1v) is 3.36. The van der Waals surface area contributed by atoms with Crippen molar-refractivity contribution in [3.05, 3.63) is 0 Å². The highest BCUT2D eigenvalue weighted by Crippen LogP contribution is 1.92. The Kier molecular flexibility index (Phi) is 5.93. The van der Waals surface area contributed by atoms with Crippen LogP contribution in [0.4, 0.5) is 0 Å². The van der Waals surface area contributed by atoms with Gasteiger partial charge >= 0.3 is 0 Å². The maximum absolute atomic E-state index is 5.36. The van der Waals surface area contributed by atoms with Crippen LogP contribution >= 0.6 is 0 Å². The summed E-state index contributed by atoms with van der Waals surface area (Å²) >= 11 is 0. The third-order valence-corrected chi connectivity index (χ3v) is 1.19. The highest BCUT2D eigenvalue weighted by atomic mass is 16.5. The van der Waals surface area contributed by atoms with Gasteiger partial charge < -0.3 is 16.2 Å². The molecule has 0 bridgehead atoms. The predicted molar refractivity (Wildman–Crippen MR) is 38.1 cm³/mol. The van der Waals surface area contributed by atoms with E-state index in [0.717, 1.165) is 6.42 Å². The molecule has 0 fully saturated rings. The van der Waals surface area contributed by atoms with Crippen molar-refractivity contribution >= 4 is 0 Å². The lowest BCUT2D eigenvalue weighted by molar-refractivity contribution is 0.0623. The second-order valence-corrected chi connectivity index (χ2v) is 1.93. The van der Waals surface area contributed by atoms with Crippen molar-refractivity contribution in [1.82, 2.24) is 0 Å². The van der Waals surface area contributed by atoms with Crippen molar-refractivity contribution in [3.8, 4) is 0 Å². The zero-order valence-corrected chi connectivity index (χ0v) is 5.97. The molecule has 0 aliphatic rings. The van der Waals surface area contributed by atoms with E-state index in [1.54, 1.807) is 0 Å². The Bertz CT molecular complexity index is 55.0. The lowest BCUT2D eigenvalue weighted by Gasteiger charge is -2.11. The van der Waals surface area contributed by atoms with Crippen LogP contribution < -0.4 is 11.5 Å². The van der Waals surface area contributed by atoms with Crippen molar-refractivity contribution in [2.24, 2.45) is 11.5 Å². The second-order valence-electron chi connectivity index (χ2n) is 1.93. The summed E-state index contributed by atoms with van der Waals surface area (Å²) < 4.78 is 5.24. The molecular formula is C6H16N2O. The molecule has 1 unspecified atom stereocenters. The van der Waals surface area contributed by atoms with Crippen LogP contribution in [0.1, 0.15) is 13.3 Å². The van der Waals surface area contributed by atoms with Gasteiger partial charge in [-0.25, -0.2) is 0 Å². The molecule has 3 nitrogen and oxygen atoms in total. The molecule has 56 valence electrons. The first-order chi connectivity index (χ1) is 4.35. The summed E-state index contributed by atoms with van der Waals surface area (Å²) in [5.41, 5.74) is 10.6. The van der Waals surface area contributed by atoms with Gasteiger partial charge in [0.05, 0.1) is 12.7 Å². The smallest absolute Gasteiger partial charge is 0.0695 e. The molecule has 0 aliphatic carbocycles. The standard InChI is InChI=1S/C6H16N2O/c1-2-6(5-8)9-4-3-7/h6H,2-5,7-8H2,1H3. The van der Waals surface area contributed by atoms with Crippen LogP contribution in [0.5, 0.6) is 0 Å². The van der Waals surface area contributed by atoms with Crippen molar-refractivity contribution in [1.29, 1.82) is 0 Å². The molecule has 3 heteroatoms. The Labute approximate surface area is 56.4 Å². The Morgan fingerprint density at radius 1 is 1.44 bits per heavy atom. The predicted octanol–water partition coefficient (Wildman–Crippen LogP) is -0.301. The molecule has 0 aliphatic heterocycles. The SMILES string of the molecule is CCC(CN)OCCN. The largest absolute Gasteiger partial charge is 0.376 e. The van der Waals surface area contributed by atoms with Crippen LogP contribution in [-0.4, -0.2) is 25.8 Å². The van der Waals surface area contributed by atoms with Gasteiger partial charge in [-0.1, -0.05) is 6.92 Å². The fraction of sp³-hybridized carbons (Fsp3) is 1.00. The summed E-state index contributed by atoms with van der Waals surface area (Å²) in [6.07, 6.45) is 1.17. The monoisotopic (exact) mass is 132 g/mol. The molecule has 0 aromatic heterocycles. The summed E-state index contributed by atoms with van der Waals surface area (Å²) in [6, 6.07) is 0. The van der Waals surface area contributed by atoms with Gasteiger partial charge in [0, 0.05) is 13.1 Å². The quantitative estimate of drug-likeness (QED) is 0.540. The molecule has 0 radical (unpaired) electrons. The lowest BCUT2D eigenvalue weighted by Crippen LogP contribution is -2.25. The molecule has 0 aromatic carbocycles. The van der Waals surface area contributed by atoms with E-state index in [-0.39, 0.29) is 6.10 Å². The molecule has 0 heterocycles. The number of hydrogen-bond acceptors (Lipinski definition) is 3. The van der Waals surface area contributed by atoms with Crippen LogP contribution in [0, 0.1) is 0 Å². The van der Waals surface area contributed by atoms with E-state index in [4.69, 9.17) is 16.2 Å². The van der Waals surface area contributed by atoms with Crippen molar-refractivity contribution in [2.45, 2.75) is 19.4 Å². The molecule has 0 saturated carbocycles. The van der Waals surface area contributed by atoms with E-state index in [0.29, 0.717) is 19.7 Å². The first-order valence-electron chi connectivity index (χ1n) is 3.36. The van der Waals surface area contributed by atoms with Crippen LogP contribution in [0.2, 0.25) is 0 Å². The third kappa shape index (κ3) is 4.39. The maximum atomic E-state index is 5.36. The van der Waals surface area contributed by atoms with Gasteiger partial charge in [0.1, 0.15) is 0 Å². The van der Waals surface area contributed by atoms with Gasteiger partial charge in [0.15, 0.2) is 0 Å². The van der Waals surface area contributed by atoms with Crippen LogP contribution in [-0.2, 0) is 4.74 Å². The van der Waals surface area contributed by atoms with E-state index in [2.05, 4.69) is 0 Å². The minimum atomic E-state index is 0.202. The Balaban J connectivity index is 3.09. The van der Waals surface area contributed by atoms with E-state index < -0.39 is 0 Å². The molecule has 0 rings (SSSR count). The molecular weight excluding hydrogens is 116 g/mol. The van der Waals surface area contributed by atoms with E-state index in [9.17, 15) is 0 Å². The number of nitrogens with two attached hydrogens (primary N) is 2. The number of ether oxygens (including phenoxy) is 1. The number of rotatable bonds is 5. The molecule has 0 spiro atoms. The van der Waals surface area contributed by atoms with Gasteiger partial charge in [-0.05, 0) is 6.42 Å². The minimum absolute atomic E-state index is 0.202. The molecule has 0 aromatic rings. The fourth-order valence-corrected chi connectivity index (χ4v) is 0.587. The van der Waals surface area contributed by atoms with E-state index >= 15 is 0 Å². The van der Waals surface area contributed by atoms with Gasteiger partial charge in [0.2, 0.25) is 0 Å². The molecule has 0 saturated heterocycles. The van der Waals surface area contributed by atoms with E-state index in [1.807, 2.05) is 6.92 Å². The van der Waals surface area contributed by atoms with Gasteiger partial charge in [-0.2, -0.15) is 0 Å². The van der Waals surface area contributed by atoms with Crippen LogP contribution in [0.15, 0.2) is 0 Å². The highest BCUT2D eigenvalue weighted by Gasteiger charge is 2.00. The fourth-order valence-electron chi connectivity index (χ4n) is 0.587. The Morgan fingerprint density at radius 3 is 2.44 bits per heavy atom. The molecule has 9 heavy (non-hydrogen) atoms. The highest BCUT2D eigenvalue weighted by molar-refractivity contribution is 4.54. The van der Waals surface area contributed by atoms with Crippen molar-refractivity contribution in [2.75, 3.05) is 19.7 Å². The van der Waals surface area contributed by atoms with E-state index in [1.165, 1.54) is 0 Å². The third-order valence-electron chi connectivity index (χ3n) is 1.19. The van der Waals surface area contributed by atoms with Crippen molar-refractivity contribution < 1.29 is 4.74 Å². The number of hydrogen-bond donors (Lipinski definition) is 2. The summed E-state index contributed by atoms with van der Waals surface area (Å²) in [5, 5.41) is 0. The maximum Gasteiger partial charge on any atom is 0.0695 e. The van der Waals surface area contributed by atoms with Crippen LogP contribution in [0.3, 0.4) is 0 Å². The topological polar surface area (TPSA) is 61.3 Å². The van der Waals surface area contributed by atoms with Crippen LogP contribution in [0.25, 0.3) is 0 Å². The van der Waals surface area contributed by atoms with Crippen molar-refractivity contribution in [3.63, 3.8) is 0 Å². The first kappa shape index (κ1) is 8.88. The summed E-state index contributed by atoms with van der Waals surface area (Å²) in [6.45, 7) is 3.84. The molecule has 1 atom stereocenters. The second kappa shape index (κ2) is 6.01. The summed E-state index contributed by atoms with van der Waals surface area (Å²) in [4.78, 5) is 0. The summed E-state index contributed by atoms with van der Waals surface area (Å²) in [7, 11) is 0. The minimum Gasteiger partial charge on any atom is -0.376 e. The summed E-state index contributed by atoms with van der Waals surface area (Å²) in [5.74, 6) is 0. The molecule has 4 N–H and O–H groups in total. The Morgan fingerprint density at radius 2 is 2.11 bits per heavy atom. The Hall–Kier alpha value is -0.120. The molecule has 0 amide bonds. The normalized spacial score (nSPS) is 13.7. The van der Waals surface area contributed by atoms with Gasteiger partial charge in [-0.3, -0.25) is 0 Å². The average molecular weight is 132 g/mol. The zero-order chi connectivity index (χ0) is 7.11. The van der Waals surface area contributed by atoms with Gasteiger partial charge in [-0.15, -0.1) is 0 Å².